The lowest BCUT2D eigenvalue weighted by molar-refractivity contribution is -0.142. The Kier molecular flexibility index (Phi) is 18.0. The van der Waals surface area contributed by atoms with E-state index in [1.165, 1.54) is 28.1 Å². The van der Waals surface area contributed by atoms with Crippen molar-refractivity contribution in [2.75, 3.05) is 63.8 Å². The lowest BCUT2D eigenvalue weighted by Crippen LogP contribution is -2.48. The fraction of sp³-hybridized carbons (Fsp3) is 0.385. The van der Waals surface area contributed by atoms with Gasteiger partial charge in [-0.2, -0.15) is 4.98 Å². The molecule has 5 rings (SSSR count). The van der Waals surface area contributed by atoms with Crippen LogP contribution in [0.3, 0.4) is 0 Å². The number of H-pyrrole nitrogens is 1. The maximum Gasteiger partial charge on any atom is 0.407 e. The van der Waals surface area contributed by atoms with Gasteiger partial charge >= 0.3 is 12.1 Å². The summed E-state index contributed by atoms with van der Waals surface area (Å²) in [6.45, 7) is -2.72. The molecule has 29 heteroatoms. The van der Waals surface area contributed by atoms with Crippen LogP contribution in [0.5, 0.6) is 0 Å². The molecule has 0 radical (unpaired) electrons. The molecule has 0 aliphatic heterocycles. The number of aliphatic carboxylic acids is 1. The summed E-state index contributed by atoms with van der Waals surface area (Å²) in [6.07, 6.45) is 2.96. The summed E-state index contributed by atoms with van der Waals surface area (Å²) in [7, 11) is 0. The molecule has 68 heavy (non-hydrogen) atoms. The highest BCUT2D eigenvalue weighted by Gasteiger charge is 2.24. The number of fused-ring (bicyclic) bond motifs is 2. The van der Waals surface area contributed by atoms with E-state index >= 15 is 0 Å². The van der Waals surface area contributed by atoms with Gasteiger partial charge in [0.2, 0.25) is 35.5 Å². The van der Waals surface area contributed by atoms with Gasteiger partial charge in [-0.1, -0.05) is 30.3 Å². The molecule has 4 heterocycles. The molecule has 0 bridgehead atoms. The van der Waals surface area contributed by atoms with E-state index in [1.54, 1.807) is 24.3 Å². The number of aliphatic imine (C=N–C) groups is 1. The number of hydrogen-bond acceptors (Lipinski definition) is 17. The van der Waals surface area contributed by atoms with Crippen molar-refractivity contribution in [2.24, 2.45) is 16.5 Å². The van der Waals surface area contributed by atoms with Crippen molar-refractivity contribution in [3.8, 4) is 0 Å². The highest BCUT2D eigenvalue weighted by atomic mass is 16.5. The lowest BCUT2D eigenvalue weighted by Gasteiger charge is -2.24. The summed E-state index contributed by atoms with van der Waals surface area (Å²) in [5.41, 5.74) is 22.7. The molecule has 0 aliphatic rings. The molecule has 1 atom stereocenters. The van der Waals surface area contributed by atoms with E-state index in [9.17, 15) is 43.5 Å². The van der Waals surface area contributed by atoms with Crippen LogP contribution in [-0.2, 0) is 53.2 Å². The van der Waals surface area contributed by atoms with Crippen LogP contribution < -0.4 is 49.8 Å². The first-order valence-corrected chi connectivity index (χ1v) is 20.8. The van der Waals surface area contributed by atoms with Crippen molar-refractivity contribution in [3.05, 3.63) is 65.2 Å². The number of rotatable bonds is 25. The van der Waals surface area contributed by atoms with Crippen molar-refractivity contribution >= 4 is 81.7 Å². The van der Waals surface area contributed by atoms with Gasteiger partial charge in [0.15, 0.2) is 28.6 Å². The number of aromatic nitrogens is 8. The molecule has 362 valence electrons. The number of carboxylic acids is 1. The average molecular weight is 946 g/mol. The molecule has 0 aliphatic carbocycles. The zero-order valence-electron chi connectivity index (χ0n) is 36.5. The number of carboxylic acid groups (broad SMARTS) is 1. The second kappa shape index (κ2) is 24.4. The second-order valence-corrected chi connectivity index (χ2v) is 14.8. The number of amides is 6. The normalized spacial score (nSPS) is 11.3. The molecule has 0 fully saturated rings. The van der Waals surface area contributed by atoms with Crippen LogP contribution in [0.4, 0.5) is 16.6 Å². The molecule has 0 unspecified atom stereocenters. The molecule has 1 aromatic carbocycles. The molecule has 4 aromatic heterocycles. The SMILES string of the molecule is NC(N)=NCCC[C@H](NC(=O)CCNC(=O)CN(CCNC(=O)CN(CCNC(=O)OCc1ccccc1)C(=O)Cn1cnc2c(=O)[nH]c(N)nc21)C(=O)Cn1cnc2c(N)ncnc21)C(=O)O. The van der Waals surface area contributed by atoms with Gasteiger partial charge in [-0.15, -0.1) is 0 Å². The first kappa shape index (κ1) is 50.1. The number of aromatic amines is 1. The quantitative estimate of drug-likeness (QED) is 0.0151. The Hall–Kier alpha value is -8.92. The Morgan fingerprint density at radius 3 is 2.06 bits per heavy atom. The van der Waals surface area contributed by atoms with Crippen LogP contribution >= 0.6 is 0 Å². The molecule has 5 aromatic rings. The second-order valence-electron chi connectivity index (χ2n) is 14.8. The smallest absolute Gasteiger partial charge is 0.407 e. The summed E-state index contributed by atoms with van der Waals surface area (Å²) >= 11 is 0. The van der Waals surface area contributed by atoms with E-state index in [-0.39, 0.29) is 112 Å². The van der Waals surface area contributed by atoms with Crippen LogP contribution in [0.1, 0.15) is 24.8 Å². The Labute approximate surface area is 385 Å². The van der Waals surface area contributed by atoms with E-state index in [1.807, 2.05) is 6.07 Å². The Morgan fingerprint density at radius 1 is 0.794 bits per heavy atom. The van der Waals surface area contributed by atoms with Gasteiger partial charge in [0, 0.05) is 45.7 Å². The summed E-state index contributed by atoms with van der Waals surface area (Å²) in [5, 5.41) is 19.6. The van der Waals surface area contributed by atoms with Crippen LogP contribution in [0.15, 0.2) is 59.1 Å². The zero-order chi connectivity index (χ0) is 49.2. The number of hydrogen-bond donors (Lipinski definition) is 10. The number of nitrogens with one attached hydrogen (secondary N) is 5. The Bertz CT molecular complexity index is 2680. The van der Waals surface area contributed by atoms with E-state index in [0.29, 0.717) is 0 Å². The third-order valence-electron chi connectivity index (χ3n) is 9.73. The maximum absolute atomic E-state index is 13.7. The Morgan fingerprint density at radius 2 is 1.41 bits per heavy atom. The van der Waals surface area contributed by atoms with Gasteiger partial charge in [-0.25, -0.2) is 29.5 Å². The third kappa shape index (κ3) is 15.1. The zero-order valence-corrected chi connectivity index (χ0v) is 36.5. The molecule has 14 N–H and O–H groups in total. The summed E-state index contributed by atoms with van der Waals surface area (Å²) in [4.78, 5) is 132. The van der Waals surface area contributed by atoms with Crippen LogP contribution in [0, 0.1) is 0 Å². The number of guanidine groups is 1. The largest absolute Gasteiger partial charge is 0.480 e. The van der Waals surface area contributed by atoms with E-state index in [4.69, 9.17) is 27.7 Å². The molecular formula is C39H51N19O10. The predicted molar refractivity (Wildman–Crippen MR) is 240 cm³/mol. The number of nitrogen functional groups attached to an aromatic ring is 2. The van der Waals surface area contributed by atoms with E-state index in [0.717, 1.165) is 15.4 Å². The molecule has 0 spiro atoms. The monoisotopic (exact) mass is 945 g/mol. The minimum atomic E-state index is -1.27. The summed E-state index contributed by atoms with van der Waals surface area (Å²) < 4.78 is 7.90. The summed E-state index contributed by atoms with van der Waals surface area (Å²) in [5.74, 6) is -4.86. The van der Waals surface area contributed by atoms with Crippen molar-refractivity contribution in [1.29, 1.82) is 0 Å². The molecule has 29 nitrogen and oxygen atoms in total. The molecule has 0 saturated heterocycles. The first-order valence-electron chi connectivity index (χ1n) is 20.8. The minimum absolute atomic E-state index is 0.0136. The third-order valence-corrected chi connectivity index (χ3v) is 9.73. The van der Waals surface area contributed by atoms with Gasteiger partial charge in [0.25, 0.3) is 5.56 Å². The first-order chi connectivity index (χ1) is 32.6. The van der Waals surface area contributed by atoms with E-state index in [2.05, 4.69) is 56.2 Å². The standard InChI is InChI=1S/C39H51N19O10/c40-32-30-33(49-20-48-32)57(21-50-30)17-28(62)55(15-26(60)44-10-8-25(59)52-24(36(65)66)7-4-9-46-37(41)42)13-11-45-27(61)16-56(14-12-47-39(67)68-19-23-5-2-1-3-6-23)29(63)18-58-22-51-31-34(58)53-38(43)54-35(31)64/h1-3,5-6,20-22,24H,4,7-19H2,(H,44,60)(H,45,61)(H,47,67)(H,52,59)(H,65,66)(H2,40,48,49)(H4,41,42,46)(H3,43,53,54,64)/t24-/m0/s1. The topological polar surface area (TPSA) is 427 Å². The van der Waals surface area contributed by atoms with Gasteiger partial charge < -0.3 is 73.0 Å². The number of benzene rings is 1. The van der Waals surface area contributed by atoms with Crippen molar-refractivity contribution < 1.29 is 43.4 Å². The number of carbonyl (C=O) groups excluding carboxylic acids is 6. The van der Waals surface area contributed by atoms with Crippen molar-refractivity contribution in [2.45, 2.75) is 45.0 Å². The minimum Gasteiger partial charge on any atom is -0.480 e. The maximum atomic E-state index is 13.7. The van der Waals surface area contributed by atoms with Crippen LogP contribution in [0.2, 0.25) is 0 Å². The Balaban J connectivity index is 1.21. The van der Waals surface area contributed by atoms with E-state index < -0.39 is 72.8 Å². The van der Waals surface area contributed by atoms with Gasteiger partial charge in [0.05, 0.1) is 25.7 Å². The summed E-state index contributed by atoms with van der Waals surface area (Å²) in [6, 6.07) is 7.70. The number of imidazole rings is 2. The fourth-order valence-electron chi connectivity index (χ4n) is 6.38. The number of nitrogens with zero attached hydrogens (tertiary/aromatic N) is 10. The number of ether oxygens (including phenoxy) is 1. The molecule has 6 amide bonds. The molecule has 0 saturated carbocycles. The highest BCUT2D eigenvalue weighted by Crippen LogP contribution is 2.14. The lowest BCUT2D eigenvalue weighted by atomic mass is 10.1. The molecular weight excluding hydrogens is 895 g/mol. The van der Waals surface area contributed by atoms with Crippen LogP contribution in [0.25, 0.3) is 22.3 Å². The van der Waals surface area contributed by atoms with Gasteiger partial charge in [-0.05, 0) is 18.4 Å². The number of nitrogens with two attached hydrogens (primary N) is 4. The fourth-order valence-corrected chi connectivity index (χ4v) is 6.38. The van der Waals surface area contributed by atoms with Gasteiger partial charge in [-0.3, -0.25) is 38.7 Å². The predicted octanol–water partition coefficient (Wildman–Crippen LogP) is -4.05. The van der Waals surface area contributed by atoms with Crippen molar-refractivity contribution in [1.82, 2.24) is 70.1 Å². The number of carbonyl (C=O) groups is 7. The van der Waals surface area contributed by atoms with Gasteiger partial charge in [0.1, 0.15) is 37.6 Å². The number of anilines is 2. The number of alkyl carbamates (subject to hydrolysis) is 1. The van der Waals surface area contributed by atoms with Crippen LogP contribution in [-0.4, -0.2) is 160 Å². The highest BCUT2D eigenvalue weighted by molar-refractivity contribution is 5.88. The average Bonchev–Trinajstić information content (AvgIpc) is 3.90. The van der Waals surface area contributed by atoms with Crippen molar-refractivity contribution in [3.63, 3.8) is 0 Å².